The quantitative estimate of drug-likeness (QED) is 0.683. The third-order valence-corrected chi connectivity index (χ3v) is 4.23. The van der Waals surface area contributed by atoms with E-state index in [1.54, 1.807) is 11.0 Å². The molecule has 0 fully saturated rings. The van der Waals surface area contributed by atoms with Crippen LogP contribution in [0.1, 0.15) is 76.6 Å². The number of ether oxygens (including phenoxy) is 1. The number of unbranched alkanes of at least 4 members (excludes halogenated alkanes) is 3. The van der Waals surface area contributed by atoms with E-state index in [1.165, 1.54) is 12.8 Å². The maximum atomic E-state index is 12.8. The molecule has 0 aliphatic carbocycles. The maximum Gasteiger partial charge on any atom is 0.415 e. The summed E-state index contributed by atoms with van der Waals surface area (Å²) in [6, 6.07) is 7.23. The fourth-order valence-electron chi connectivity index (χ4n) is 3.13. The van der Waals surface area contributed by atoms with Crippen LogP contribution in [-0.4, -0.2) is 23.5 Å². The number of carbonyl (C=O) groups is 2. The van der Waals surface area contributed by atoms with Gasteiger partial charge in [-0.1, -0.05) is 44.7 Å². The molecule has 1 aliphatic heterocycles. The second-order valence-corrected chi connectivity index (χ2v) is 7.50. The minimum atomic E-state index is -0.555. The molecule has 132 valence electrons. The van der Waals surface area contributed by atoms with Gasteiger partial charge in [0.2, 0.25) is 0 Å². The molecular formula is C20H29NO3. The van der Waals surface area contributed by atoms with Crippen LogP contribution in [0.15, 0.2) is 24.3 Å². The normalized spacial score (nSPS) is 17.6. The van der Waals surface area contributed by atoms with Crippen molar-refractivity contribution in [2.75, 3.05) is 4.90 Å². The topological polar surface area (TPSA) is 46.6 Å². The minimum absolute atomic E-state index is 0.112. The number of fused-ring (bicyclic) bond motifs is 1. The summed E-state index contributed by atoms with van der Waals surface area (Å²) in [6.45, 7) is 7.76. The molecule has 0 saturated carbocycles. The van der Waals surface area contributed by atoms with Crippen LogP contribution in [0, 0.1) is 0 Å². The third-order valence-electron chi connectivity index (χ3n) is 4.23. The van der Waals surface area contributed by atoms with E-state index in [2.05, 4.69) is 6.92 Å². The molecule has 4 heteroatoms. The Morgan fingerprint density at radius 3 is 2.58 bits per heavy atom. The monoisotopic (exact) mass is 331 g/mol. The zero-order valence-corrected chi connectivity index (χ0v) is 15.3. The molecule has 2 rings (SSSR count). The number of rotatable bonds is 5. The van der Waals surface area contributed by atoms with Crippen LogP contribution >= 0.6 is 0 Å². The molecule has 0 spiro atoms. The van der Waals surface area contributed by atoms with Gasteiger partial charge in [0.1, 0.15) is 5.60 Å². The lowest BCUT2D eigenvalue weighted by molar-refractivity contribution is 0.0557. The Morgan fingerprint density at radius 2 is 1.92 bits per heavy atom. The van der Waals surface area contributed by atoms with Crippen molar-refractivity contribution >= 4 is 17.6 Å². The van der Waals surface area contributed by atoms with Gasteiger partial charge in [-0.3, -0.25) is 9.69 Å². The molecule has 0 aromatic heterocycles. The molecule has 1 heterocycles. The number of amides is 1. The Kier molecular flexibility index (Phi) is 6.03. The lowest BCUT2D eigenvalue weighted by Gasteiger charge is -2.37. The average molecular weight is 331 g/mol. The minimum Gasteiger partial charge on any atom is -0.443 e. The van der Waals surface area contributed by atoms with Crippen LogP contribution in [-0.2, 0) is 4.74 Å². The predicted molar refractivity (Wildman–Crippen MR) is 96.6 cm³/mol. The van der Waals surface area contributed by atoms with Gasteiger partial charge in [0.25, 0.3) is 0 Å². The fourth-order valence-corrected chi connectivity index (χ4v) is 3.13. The first kappa shape index (κ1) is 18.5. The predicted octanol–water partition coefficient (Wildman–Crippen LogP) is 5.35. The van der Waals surface area contributed by atoms with Crippen molar-refractivity contribution in [3.8, 4) is 0 Å². The number of carbonyl (C=O) groups excluding carboxylic acids is 2. The van der Waals surface area contributed by atoms with Crippen LogP contribution in [0.3, 0.4) is 0 Å². The first-order chi connectivity index (χ1) is 11.3. The summed E-state index contributed by atoms with van der Waals surface area (Å²) < 4.78 is 5.60. The Bertz CT molecular complexity index is 589. The van der Waals surface area contributed by atoms with E-state index in [0.717, 1.165) is 19.3 Å². The lowest BCUT2D eigenvalue weighted by atomic mass is 9.91. The van der Waals surface area contributed by atoms with Crippen molar-refractivity contribution in [3.63, 3.8) is 0 Å². The summed E-state index contributed by atoms with van der Waals surface area (Å²) in [6.07, 6.45) is 5.36. The average Bonchev–Trinajstić information content (AvgIpc) is 2.50. The largest absolute Gasteiger partial charge is 0.443 e. The number of Topliss-reactive ketones (excluding diaryl/α,β-unsaturated/α-hetero) is 1. The van der Waals surface area contributed by atoms with Gasteiger partial charge in [0, 0.05) is 18.0 Å². The molecule has 24 heavy (non-hydrogen) atoms. The van der Waals surface area contributed by atoms with Gasteiger partial charge in [-0.25, -0.2) is 4.79 Å². The van der Waals surface area contributed by atoms with E-state index in [4.69, 9.17) is 4.74 Å². The fraction of sp³-hybridized carbons (Fsp3) is 0.600. The zero-order chi connectivity index (χ0) is 17.7. The lowest BCUT2D eigenvalue weighted by Crippen LogP contribution is -2.47. The van der Waals surface area contributed by atoms with Crippen molar-refractivity contribution in [1.82, 2.24) is 0 Å². The smallest absolute Gasteiger partial charge is 0.415 e. The third kappa shape index (κ3) is 4.59. The summed E-state index contributed by atoms with van der Waals surface area (Å²) in [5, 5.41) is 0. The molecule has 1 amide bonds. The van der Waals surface area contributed by atoms with Crippen LogP contribution < -0.4 is 4.90 Å². The second-order valence-electron chi connectivity index (χ2n) is 7.50. The van der Waals surface area contributed by atoms with E-state index in [1.807, 2.05) is 39.0 Å². The standard InChI is InChI=1S/C20H29NO3/c1-5-6-7-8-11-15-14-18(22)16-12-9-10-13-17(16)21(15)19(23)24-20(2,3)4/h9-10,12-13,15H,5-8,11,14H2,1-4H3. The molecule has 1 aromatic rings. The number of hydrogen-bond acceptors (Lipinski definition) is 3. The van der Waals surface area contributed by atoms with Gasteiger partial charge in [0.05, 0.1) is 5.69 Å². The van der Waals surface area contributed by atoms with Gasteiger partial charge in [-0.15, -0.1) is 0 Å². The molecule has 4 nitrogen and oxygen atoms in total. The van der Waals surface area contributed by atoms with E-state index in [-0.39, 0.29) is 17.9 Å². The Hall–Kier alpha value is -1.84. The summed E-state index contributed by atoms with van der Waals surface area (Å²) >= 11 is 0. The van der Waals surface area contributed by atoms with Crippen molar-refractivity contribution in [3.05, 3.63) is 29.8 Å². The van der Waals surface area contributed by atoms with Crippen molar-refractivity contribution in [1.29, 1.82) is 0 Å². The molecule has 0 bridgehead atoms. The van der Waals surface area contributed by atoms with Crippen molar-refractivity contribution in [2.24, 2.45) is 0 Å². The van der Waals surface area contributed by atoms with Gasteiger partial charge in [-0.05, 0) is 39.3 Å². The number of anilines is 1. The number of para-hydroxylation sites is 1. The zero-order valence-electron chi connectivity index (χ0n) is 15.3. The van der Waals surface area contributed by atoms with Gasteiger partial charge in [0.15, 0.2) is 5.78 Å². The number of benzene rings is 1. The first-order valence-electron chi connectivity index (χ1n) is 8.98. The number of ketones is 1. The highest BCUT2D eigenvalue weighted by Gasteiger charge is 2.36. The van der Waals surface area contributed by atoms with Crippen LogP contribution in [0.5, 0.6) is 0 Å². The second kappa shape index (κ2) is 7.82. The van der Waals surface area contributed by atoms with Gasteiger partial charge in [-0.2, -0.15) is 0 Å². The Labute approximate surface area is 145 Å². The van der Waals surface area contributed by atoms with E-state index < -0.39 is 5.60 Å². The van der Waals surface area contributed by atoms with Crippen LogP contribution in [0.25, 0.3) is 0 Å². The Morgan fingerprint density at radius 1 is 1.21 bits per heavy atom. The summed E-state index contributed by atoms with van der Waals surface area (Å²) in [7, 11) is 0. The molecule has 1 aromatic carbocycles. The molecule has 0 radical (unpaired) electrons. The highest BCUT2D eigenvalue weighted by molar-refractivity contribution is 6.08. The van der Waals surface area contributed by atoms with Crippen LogP contribution in [0.4, 0.5) is 10.5 Å². The first-order valence-corrected chi connectivity index (χ1v) is 8.98. The van der Waals surface area contributed by atoms with Crippen LogP contribution in [0.2, 0.25) is 0 Å². The molecule has 1 unspecified atom stereocenters. The van der Waals surface area contributed by atoms with E-state index >= 15 is 0 Å². The highest BCUT2D eigenvalue weighted by Crippen LogP contribution is 2.34. The molecule has 1 aliphatic rings. The molecule has 0 N–H and O–H groups in total. The van der Waals surface area contributed by atoms with Gasteiger partial charge >= 0.3 is 6.09 Å². The van der Waals surface area contributed by atoms with Gasteiger partial charge < -0.3 is 4.74 Å². The summed E-state index contributed by atoms with van der Waals surface area (Å²) in [4.78, 5) is 26.9. The van der Waals surface area contributed by atoms with Crippen molar-refractivity contribution in [2.45, 2.75) is 77.9 Å². The number of hydrogen-bond donors (Lipinski definition) is 0. The highest BCUT2D eigenvalue weighted by atomic mass is 16.6. The molecule has 0 saturated heterocycles. The number of nitrogens with zero attached hydrogens (tertiary/aromatic N) is 1. The summed E-state index contributed by atoms with van der Waals surface area (Å²) in [5.74, 6) is 0.117. The SMILES string of the molecule is CCCCCCC1CC(=O)c2ccccc2N1C(=O)OC(C)(C)C. The van der Waals surface area contributed by atoms with E-state index in [9.17, 15) is 9.59 Å². The Balaban J connectivity index is 2.25. The summed E-state index contributed by atoms with van der Waals surface area (Å²) in [5.41, 5.74) is 0.747. The molecule has 1 atom stereocenters. The van der Waals surface area contributed by atoms with Crippen molar-refractivity contribution < 1.29 is 14.3 Å². The van der Waals surface area contributed by atoms with E-state index in [0.29, 0.717) is 17.7 Å². The molecular weight excluding hydrogens is 302 g/mol. The maximum absolute atomic E-state index is 12.8.